The van der Waals surface area contributed by atoms with Crippen LogP contribution in [0.2, 0.25) is 0 Å². The highest BCUT2D eigenvalue weighted by atomic mass is 16.2. The lowest BCUT2D eigenvalue weighted by Gasteiger charge is -2.17. The molecule has 0 saturated carbocycles. The summed E-state index contributed by atoms with van der Waals surface area (Å²) >= 11 is 0. The number of likely N-dealkylation sites (N-methyl/N-ethyl adjacent to an activating group) is 1. The number of para-hydroxylation sites is 1. The summed E-state index contributed by atoms with van der Waals surface area (Å²) in [5.74, 6) is 0.318. The van der Waals surface area contributed by atoms with Gasteiger partial charge in [0.1, 0.15) is 5.82 Å². The van der Waals surface area contributed by atoms with Crippen molar-refractivity contribution in [3.63, 3.8) is 0 Å². The highest BCUT2D eigenvalue weighted by molar-refractivity contribution is 6.04. The van der Waals surface area contributed by atoms with Gasteiger partial charge in [0.2, 0.25) is 5.91 Å². The zero-order valence-corrected chi connectivity index (χ0v) is 17.6. The Kier molecular flexibility index (Phi) is 4.66. The van der Waals surface area contributed by atoms with Gasteiger partial charge in [-0.3, -0.25) is 14.2 Å². The van der Waals surface area contributed by atoms with E-state index in [1.54, 1.807) is 16.5 Å². The van der Waals surface area contributed by atoms with Crippen LogP contribution in [0.15, 0.2) is 77.6 Å². The second kappa shape index (κ2) is 7.51. The summed E-state index contributed by atoms with van der Waals surface area (Å²) in [7, 11) is 1.81. The van der Waals surface area contributed by atoms with Crippen molar-refractivity contribution < 1.29 is 4.79 Å². The lowest BCUT2D eigenvalue weighted by atomic mass is 9.95. The zero-order chi connectivity index (χ0) is 21.5. The van der Waals surface area contributed by atoms with Crippen LogP contribution in [0.5, 0.6) is 0 Å². The van der Waals surface area contributed by atoms with E-state index in [2.05, 4.69) is 6.07 Å². The van der Waals surface area contributed by atoms with Gasteiger partial charge in [-0.15, -0.1) is 0 Å². The van der Waals surface area contributed by atoms with Crippen molar-refractivity contribution in [1.82, 2.24) is 9.55 Å². The second-order valence-corrected chi connectivity index (χ2v) is 8.14. The molecule has 154 valence electrons. The first-order chi connectivity index (χ1) is 15.0. The van der Waals surface area contributed by atoms with Crippen molar-refractivity contribution in [2.45, 2.75) is 25.8 Å². The fourth-order valence-corrected chi connectivity index (χ4v) is 4.42. The van der Waals surface area contributed by atoms with Gasteiger partial charge in [0, 0.05) is 19.2 Å². The van der Waals surface area contributed by atoms with Crippen molar-refractivity contribution >= 4 is 22.5 Å². The summed E-state index contributed by atoms with van der Waals surface area (Å²) in [6, 6.07) is 23.4. The molecule has 1 unspecified atom stereocenters. The normalized spacial score (nSPS) is 15.5. The van der Waals surface area contributed by atoms with E-state index in [-0.39, 0.29) is 17.4 Å². The first kappa shape index (κ1) is 19.2. The SMILES string of the molecule is Cc1ccc2c(c1)C(Cc1nc3ccccc3c(=O)n1Cc1ccccc1)C(=O)N2C. The molecule has 1 amide bonds. The van der Waals surface area contributed by atoms with Gasteiger partial charge in [-0.1, -0.05) is 60.2 Å². The monoisotopic (exact) mass is 409 g/mol. The Morgan fingerprint density at radius 2 is 1.68 bits per heavy atom. The Bertz CT molecular complexity index is 1360. The molecule has 0 radical (unpaired) electrons. The minimum atomic E-state index is -0.352. The van der Waals surface area contributed by atoms with Gasteiger partial charge in [-0.05, 0) is 36.2 Å². The second-order valence-electron chi connectivity index (χ2n) is 8.14. The maximum absolute atomic E-state index is 13.4. The van der Waals surface area contributed by atoms with E-state index in [0.29, 0.717) is 29.7 Å². The topological polar surface area (TPSA) is 55.2 Å². The third-order valence-corrected chi connectivity index (χ3v) is 6.06. The van der Waals surface area contributed by atoms with Gasteiger partial charge in [-0.25, -0.2) is 4.98 Å². The van der Waals surface area contributed by atoms with E-state index < -0.39 is 0 Å². The maximum atomic E-state index is 13.4. The molecule has 1 aliphatic rings. The third kappa shape index (κ3) is 3.32. The van der Waals surface area contributed by atoms with Gasteiger partial charge in [0.25, 0.3) is 5.56 Å². The highest BCUT2D eigenvalue weighted by Gasteiger charge is 2.36. The fourth-order valence-electron chi connectivity index (χ4n) is 4.42. The highest BCUT2D eigenvalue weighted by Crippen LogP contribution is 2.38. The molecule has 0 fully saturated rings. The number of carbonyl (C=O) groups is 1. The molecule has 31 heavy (non-hydrogen) atoms. The summed E-state index contributed by atoms with van der Waals surface area (Å²) in [6.45, 7) is 2.45. The van der Waals surface area contributed by atoms with Gasteiger partial charge < -0.3 is 4.90 Å². The standard InChI is InChI=1S/C26H23N3O2/c1-17-12-13-23-20(14-17)21(25(30)28(23)2)15-24-27-22-11-7-6-10-19(22)26(31)29(24)16-18-8-4-3-5-9-18/h3-14,21H,15-16H2,1-2H3. The molecule has 0 saturated heterocycles. The molecule has 1 aromatic heterocycles. The van der Waals surface area contributed by atoms with Crippen LogP contribution >= 0.6 is 0 Å². The molecule has 1 aliphatic heterocycles. The Labute approximate surface area is 180 Å². The predicted octanol–water partition coefficient (Wildman–Crippen LogP) is 4.06. The van der Waals surface area contributed by atoms with Gasteiger partial charge >= 0.3 is 0 Å². The number of nitrogens with zero attached hydrogens (tertiary/aromatic N) is 3. The van der Waals surface area contributed by atoms with Crippen LogP contribution in [-0.4, -0.2) is 22.5 Å². The quantitative estimate of drug-likeness (QED) is 0.511. The molecule has 3 aromatic carbocycles. The van der Waals surface area contributed by atoms with Crippen molar-refractivity contribution in [2.24, 2.45) is 0 Å². The number of fused-ring (bicyclic) bond motifs is 2. The Morgan fingerprint density at radius 3 is 2.48 bits per heavy atom. The third-order valence-electron chi connectivity index (χ3n) is 6.06. The molecular formula is C26H23N3O2. The number of aryl methyl sites for hydroxylation is 1. The first-order valence-electron chi connectivity index (χ1n) is 10.4. The van der Waals surface area contributed by atoms with Gasteiger partial charge in [0.05, 0.1) is 23.4 Å². The van der Waals surface area contributed by atoms with Crippen molar-refractivity contribution in [3.8, 4) is 0 Å². The van der Waals surface area contributed by atoms with Crippen LogP contribution in [-0.2, 0) is 17.8 Å². The number of rotatable bonds is 4. The number of benzene rings is 3. The van der Waals surface area contributed by atoms with E-state index in [9.17, 15) is 9.59 Å². The van der Waals surface area contributed by atoms with Gasteiger partial charge in [-0.2, -0.15) is 0 Å². The molecule has 0 spiro atoms. The van der Waals surface area contributed by atoms with Crippen molar-refractivity contribution in [2.75, 3.05) is 11.9 Å². The molecule has 5 nitrogen and oxygen atoms in total. The molecule has 5 rings (SSSR count). The number of hydrogen-bond acceptors (Lipinski definition) is 3. The van der Waals surface area contributed by atoms with Gasteiger partial charge in [0.15, 0.2) is 0 Å². The molecule has 4 aromatic rings. The smallest absolute Gasteiger partial charge is 0.261 e. The van der Waals surface area contributed by atoms with Crippen LogP contribution in [0.4, 0.5) is 5.69 Å². The van der Waals surface area contributed by atoms with E-state index >= 15 is 0 Å². The largest absolute Gasteiger partial charge is 0.315 e. The number of carbonyl (C=O) groups excluding carboxylic acids is 1. The first-order valence-corrected chi connectivity index (χ1v) is 10.4. The zero-order valence-electron chi connectivity index (χ0n) is 17.6. The van der Waals surface area contributed by atoms with E-state index in [1.165, 1.54) is 0 Å². The van der Waals surface area contributed by atoms with Crippen LogP contribution in [0.3, 0.4) is 0 Å². The average Bonchev–Trinajstić information content (AvgIpc) is 3.01. The Morgan fingerprint density at radius 1 is 0.935 bits per heavy atom. The van der Waals surface area contributed by atoms with E-state index in [1.807, 2.05) is 73.7 Å². The number of aromatic nitrogens is 2. The molecule has 1 atom stereocenters. The molecule has 5 heteroatoms. The minimum Gasteiger partial charge on any atom is -0.315 e. The van der Waals surface area contributed by atoms with Crippen LogP contribution in [0, 0.1) is 6.92 Å². The lowest BCUT2D eigenvalue weighted by molar-refractivity contribution is -0.119. The molecular weight excluding hydrogens is 386 g/mol. The summed E-state index contributed by atoms with van der Waals surface area (Å²) in [4.78, 5) is 33.1. The summed E-state index contributed by atoms with van der Waals surface area (Å²) in [6.07, 6.45) is 0.381. The summed E-state index contributed by atoms with van der Waals surface area (Å²) < 4.78 is 1.72. The van der Waals surface area contributed by atoms with Crippen molar-refractivity contribution in [1.29, 1.82) is 0 Å². The predicted molar refractivity (Wildman–Crippen MR) is 123 cm³/mol. The van der Waals surface area contributed by atoms with Crippen molar-refractivity contribution in [3.05, 3.63) is 106 Å². The van der Waals surface area contributed by atoms with E-state index in [4.69, 9.17) is 4.98 Å². The lowest BCUT2D eigenvalue weighted by Crippen LogP contribution is -2.30. The minimum absolute atomic E-state index is 0.0364. The van der Waals surface area contributed by atoms with Crippen LogP contribution in [0.25, 0.3) is 10.9 Å². The molecule has 0 bridgehead atoms. The van der Waals surface area contributed by atoms with E-state index in [0.717, 1.165) is 22.4 Å². The number of anilines is 1. The Hall–Kier alpha value is -3.73. The average molecular weight is 409 g/mol. The summed E-state index contributed by atoms with van der Waals surface area (Å²) in [5.41, 5.74) is 4.65. The molecule has 2 heterocycles. The number of hydrogen-bond donors (Lipinski definition) is 0. The fraction of sp³-hybridized carbons (Fsp3) is 0.192. The molecule has 0 N–H and O–H groups in total. The maximum Gasteiger partial charge on any atom is 0.261 e. The van der Waals surface area contributed by atoms with Crippen LogP contribution < -0.4 is 10.5 Å². The number of amides is 1. The molecule has 0 aliphatic carbocycles. The Balaban J connectivity index is 1.64. The summed E-state index contributed by atoms with van der Waals surface area (Å²) in [5, 5.41) is 0.591. The van der Waals surface area contributed by atoms with Crippen LogP contribution in [0.1, 0.15) is 28.4 Å².